The summed E-state index contributed by atoms with van der Waals surface area (Å²) in [7, 11) is 4.07. The van der Waals surface area contributed by atoms with Crippen LogP contribution in [0.2, 0.25) is 0 Å². The van der Waals surface area contributed by atoms with Crippen molar-refractivity contribution in [1.82, 2.24) is 25.3 Å². The number of hydrogen-bond donors (Lipinski definition) is 2. The minimum Gasteiger partial charge on any atom is -0.356 e. The van der Waals surface area contributed by atoms with E-state index in [9.17, 15) is 0 Å². The summed E-state index contributed by atoms with van der Waals surface area (Å²) in [5.74, 6) is 0.942. The molecule has 2 rings (SSSR count). The van der Waals surface area contributed by atoms with Gasteiger partial charge in [-0.25, -0.2) is 0 Å². The number of hydrogen-bond acceptors (Lipinski definition) is 4. The molecule has 2 aliphatic heterocycles. The third kappa shape index (κ3) is 7.92. The van der Waals surface area contributed by atoms with Crippen molar-refractivity contribution in [2.45, 2.75) is 45.1 Å². The van der Waals surface area contributed by atoms with Crippen molar-refractivity contribution in [1.29, 1.82) is 0 Å². The standard InChI is InChI=1S/C19H40N6/c1-18(25-15-13-23(3)14-16-25)17-22-19(20-2)21-9-8-12-24-10-6-4-5-7-11-24/h18H,4-17H2,1-3H3,(H2,20,21,22). The second-order valence-electron chi connectivity index (χ2n) is 7.68. The van der Waals surface area contributed by atoms with Crippen molar-refractivity contribution < 1.29 is 0 Å². The maximum Gasteiger partial charge on any atom is 0.191 e. The molecule has 2 heterocycles. The van der Waals surface area contributed by atoms with Crippen molar-refractivity contribution in [2.24, 2.45) is 4.99 Å². The monoisotopic (exact) mass is 352 g/mol. The minimum atomic E-state index is 0.546. The van der Waals surface area contributed by atoms with Crippen molar-refractivity contribution in [3.8, 4) is 0 Å². The van der Waals surface area contributed by atoms with Gasteiger partial charge in [0, 0.05) is 52.4 Å². The molecule has 6 nitrogen and oxygen atoms in total. The lowest BCUT2D eigenvalue weighted by atomic mass is 10.2. The lowest BCUT2D eigenvalue weighted by Crippen LogP contribution is -2.52. The number of aliphatic imine (C=N–C) groups is 1. The van der Waals surface area contributed by atoms with E-state index in [0.717, 1.165) is 19.0 Å². The average Bonchev–Trinajstić information content (AvgIpc) is 2.90. The summed E-state index contributed by atoms with van der Waals surface area (Å²) >= 11 is 0. The van der Waals surface area contributed by atoms with Crippen LogP contribution in [0.4, 0.5) is 0 Å². The predicted molar refractivity (Wildman–Crippen MR) is 107 cm³/mol. The van der Waals surface area contributed by atoms with E-state index in [1.165, 1.54) is 77.9 Å². The second-order valence-corrected chi connectivity index (χ2v) is 7.68. The average molecular weight is 353 g/mol. The van der Waals surface area contributed by atoms with Crippen LogP contribution in [0.25, 0.3) is 0 Å². The summed E-state index contributed by atoms with van der Waals surface area (Å²) in [6, 6.07) is 0.546. The summed E-state index contributed by atoms with van der Waals surface area (Å²) in [5, 5.41) is 6.97. The molecule has 0 radical (unpaired) electrons. The van der Waals surface area contributed by atoms with Gasteiger partial charge in [-0.05, 0) is 52.9 Å². The van der Waals surface area contributed by atoms with Gasteiger partial charge in [-0.3, -0.25) is 9.89 Å². The Morgan fingerprint density at radius 3 is 2.28 bits per heavy atom. The van der Waals surface area contributed by atoms with Gasteiger partial charge in [0.2, 0.25) is 0 Å². The van der Waals surface area contributed by atoms with Crippen LogP contribution >= 0.6 is 0 Å². The van der Waals surface area contributed by atoms with Gasteiger partial charge in [-0.1, -0.05) is 12.8 Å². The number of rotatable bonds is 7. The molecule has 146 valence electrons. The SMILES string of the molecule is CN=C(NCCCN1CCCCCC1)NCC(C)N1CCN(C)CC1. The molecular formula is C19H40N6. The molecule has 0 aliphatic carbocycles. The van der Waals surface area contributed by atoms with Crippen LogP contribution in [0.5, 0.6) is 0 Å². The lowest BCUT2D eigenvalue weighted by Gasteiger charge is -2.36. The van der Waals surface area contributed by atoms with E-state index in [0.29, 0.717) is 6.04 Å². The Morgan fingerprint density at radius 2 is 1.64 bits per heavy atom. The number of nitrogens with one attached hydrogen (secondary N) is 2. The van der Waals surface area contributed by atoms with Crippen LogP contribution < -0.4 is 10.6 Å². The van der Waals surface area contributed by atoms with Crippen molar-refractivity contribution in [2.75, 3.05) is 73.0 Å². The van der Waals surface area contributed by atoms with Gasteiger partial charge in [0.1, 0.15) is 0 Å². The fraction of sp³-hybridized carbons (Fsp3) is 0.947. The molecule has 2 fully saturated rings. The molecule has 6 heteroatoms. The fourth-order valence-corrected chi connectivity index (χ4v) is 3.73. The van der Waals surface area contributed by atoms with Gasteiger partial charge < -0.3 is 20.4 Å². The van der Waals surface area contributed by atoms with Gasteiger partial charge in [-0.2, -0.15) is 0 Å². The Bertz CT molecular complexity index is 370. The summed E-state index contributed by atoms with van der Waals surface area (Å²) in [6.07, 6.45) is 6.77. The Balaban J connectivity index is 1.57. The topological polar surface area (TPSA) is 46.1 Å². The van der Waals surface area contributed by atoms with Crippen LogP contribution in [-0.2, 0) is 0 Å². The molecule has 2 saturated heterocycles. The number of piperazine rings is 1. The molecular weight excluding hydrogens is 312 g/mol. The normalized spacial score (nSPS) is 23.2. The first-order chi connectivity index (χ1) is 12.2. The minimum absolute atomic E-state index is 0.546. The summed E-state index contributed by atoms with van der Waals surface area (Å²) in [5.41, 5.74) is 0. The number of nitrogens with zero attached hydrogens (tertiary/aromatic N) is 4. The van der Waals surface area contributed by atoms with Crippen molar-refractivity contribution >= 4 is 5.96 Å². The zero-order valence-corrected chi connectivity index (χ0v) is 16.8. The lowest BCUT2D eigenvalue weighted by molar-refractivity contribution is 0.120. The molecule has 0 bridgehead atoms. The predicted octanol–water partition coefficient (Wildman–Crippen LogP) is 1.05. The van der Waals surface area contributed by atoms with Gasteiger partial charge >= 0.3 is 0 Å². The van der Waals surface area contributed by atoms with Gasteiger partial charge in [0.15, 0.2) is 5.96 Å². The molecule has 1 unspecified atom stereocenters. The van der Waals surface area contributed by atoms with Crippen LogP contribution in [-0.4, -0.2) is 99.7 Å². The van der Waals surface area contributed by atoms with Crippen LogP contribution in [0.15, 0.2) is 4.99 Å². The number of likely N-dealkylation sites (N-methyl/N-ethyl adjacent to an activating group) is 1. The Hall–Kier alpha value is -0.850. The van der Waals surface area contributed by atoms with E-state index in [-0.39, 0.29) is 0 Å². The molecule has 0 aromatic heterocycles. The van der Waals surface area contributed by atoms with E-state index in [1.54, 1.807) is 0 Å². The zero-order chi connectivity index (χ0) is 17.9. The number of likely N-dealkylation sites (tertiary alicyclic amines) is 1. The molecule has 0 spiro atoms. The second kappa shape index (κ2) is 11.7. The molecule has 1 atom stereocenters. The Kier molecular flexibility index (Phi) is 9.58. The van der Waals surface area contributed by atoms with Crippen molar-refractivity contribution in [3.63, 3.8) is 0 Å². The third-order valence-corrected chi connectivity index (χ3v) is 5.59. The first-order valence-electron chi connectivity index (χ1n) is 10.3. The molecule has 0 saturated carbocycles. The highest BCUT2D eigenvalue weighted by molar-refractivity contribution is 5.79. The zero-order valence-electron chi connectivity index (χ0n) is 16.8. The number of guanidine groups is 1. The quantitative estimate of drug-likeness (QED) is 0.407. The molecule has 2 aliphatic rings. The van der Waals surface area contributed by atoms with E-state index in [1.807, 2.05) is 7.05 Å². The highest BCUT2D eigenvalue weighted by atomic mass is 15.3. The highest BCUT2D eigenvalue weighted by Crippen LogP contribution is 2.09. The molecule has 2 N–H and O–H groups in total. The Morgan fingerprint density at radius 1 is 0.960 bits per heavy atom. The Labute approximate surface area is 155 Å². The highest BCUT2D eigenvalue weighted by Gasteiger charge is 2.19. The van der Waals surface area contributed by atoms with E-state index in [2.05, 4.69) is 44.3 Å². The van der Waals surface area contributed by atoms with Gasteiger partial charge in [0.05, 0.1) is 0 Å². The summed E-state index contributed by atoms with van der Waals surface area (Å²) in [4.78, 5) is 12.0. The van der Waals surface area contributed by atoms with Gasteiger partial charge in [-0.15, -0.1) is 0 Å². The fourth-order valence-electron chi connectivity index (χ4n) is 3.73. The smallest absolute Gasteiger partial charge is 0.191 e. The maximum atomic E-state index is 4.37. The van der Waals surface area contributed by atoms with Crippen LogP contribution in [0.1, 0.15) is 39.0 Å². The molecule has 25 heavy (non-hydrogen) atoms. The first kappa shape index (κ1) is 20.5. The summed E-state index contributed by atoms with van der Waals surface area (Å²) in [6.45, 7) is 12.7. The van der Waals surface area contributed by atoms with Crippen molar-refractivity contribution in [3.05, 3.63) is 0 Å². The van der Waals surface area contributed by atoms with Crippen LogP contribution in [0, 0.1) is 0 Å². The largest absolute Gasteiger partial charge is 0.356 e. The van der Waals surface area contributed by atoms with E-state index in [4.69, 9.17) is 0 Å². The maximum absolute atomic E-state index is 4.37. The van der Waals surface area contributed by atoms with Gasteiger partial charge in [0.25, 0.3) is 0 Å². The van der Waals surface area contributed by atoms with E-state index < -0.39 is 0 Å². The summed E-state index contributed by atoms with van der Waals surface area (Å²) < 4.78 is 0. The molecule has 0 amide bonds. The van der Waals surface area contributed by atoms with E-state index >= 15 is 0 Å². The first-order valence-corrected chi connectivity index (χ1v) is 10.3. The van der Waals surface area contributed by atoms with Crippen LogP contribution in [0.3, 0.4) is 0 Å². The molecule has 0 aromatic carbocycles. The molecule has 0 aromatic rings. The third-order valence-electron chi connectivity index (χ3n) is 5.59.